The highest BCUT2D eigenvalue weighted by Crippen LogP contribution is 2.32. The molecule has 0 radical (unpaired) electrons. The second-order valence-electron chi connectivity index (χ2n) is 6.34. The Hall–Kier alpha value is -2.26. The molecule has 3 nitrogen and oxygen atoms in total. The van der Waals surface area contributed by atoms with Crippen molar-refractivity contribution in [3.8, 4) is 0 Å². The molecule has 1 heterocycles. The SMILES string of the molecule is Cc1cccc(NC(=O)C(C)(C)c2c[nH]c3cc(Cl)ccc23)c1. The average molecular weight is 327 g/mol. The Morgan fingerprint density at radius 2 is 1.96 bits per heavy atom. The Balaban J connectivity index is 1.94. The van der Waals surface area contributed by atoms with Crippen LogP contribution in [0.2, 0.25) is 5.02 Å². The van der Waals surface area contributed by atoms with Gasteiger partial charge in [-0.25, -0.2) is 0 Å². The highest BCUT2D eigenvalue weighted by molar-refractivity contribution is 6.31. The molecule has 2 N–H and O–H groups in total. The Labute approximate surface area is 140 Å². The molecule has 0 aliphatic rings. The number of halogens is 1. The van der Waals surface area contributed by atoms with Crippen molar-refractivity contribution in [3.63, 3.8) is 0 Å². The molecule has 0 spiro atoms. The summed E-state index contributed by atoms with van der Waals surface area (Å²) in [6, 6.07) is 13.5. The lowest BCUT2D eigenvalue weighted by atomic mass is 9.83. The van der Waals surface area contributed by atoms with Gasteiger partial charge in [0.1, 0.15) is 0 Å². The molecule has 1 amide bonds. The summed E-state index contributed by atoms with van der Waals surface area (Å²) < 4.78 is 0. The van der Waals surface area contributed by atoms with Gasteiger partial charge in [-0.05, 0) is 56.2 Å². The van der Waals surface area contributed by atoms with Crippen LogP contribution < -0.4 is 5.32 Å². The van der Waals surface area contributed by atoms with Crippen LogP contribution >= 0.6 is 11.6 Å². The average Bonchev–Trinajstić information content (AvgIpc) is 2.90. The molecule has 23 heavy (non-hydrogen) atoms. The number of aromatic nitrogens is 1. The third-order valence-electron chi connectivity index (χ3n) is 4.16. The summed E-state index contributed by atoms with van der Waals surface area (Å²) in [7, 11) is 0. The molecule has 118 valence electrons. The number of amides is 1. The van der Waals surface area contributed by atoms with Crippen LogP contribution in [0.5, 0.6) is 0 Å². The predicted octanol–water partition coefficient (Wildman–Crippen LogP) is 5.05. The maximum absolute atomic E-state index is 12.8. The van der Waals surface area contributed by atoms with Crippen LogP contribution in [-0.2, 0) is 10.2 Å². The zero-order valence-electron chi connectivity index (χ0n) is 13.4. The molecule has 0 aliphatic heterocycles. The van der Waals surface area contributed by atoms with Gasteiger partial charge < -0.3 is 10.3 Å². The Morgan fingerprint density at radius 3 is 2.70 bits per heavy atom. The number of fused-ring (bicyclic) bond motifs is 1. The van der Waals surface area contributed by atoms with E-state index in [-0.39, 0.29) is 5.91 Å². The van der Waals surface area contributed by atoms with E-state index in [9.17, 15) is 4.79 Å². The molecule has 0 unspecified atom stereocenters. The molecule has 1 aromatic heterocycles. The summed E-state index contributed by atoms with van der Waals surface area (Å²) in [5.41, 5.74) is 3.14. The van der Waals surface area contributed by atoms with Gasteiger partial charge in [0.25, 0.3) is 0 Å². The second-order valence-corrected chi connectivity index (χ2v) is 6.78. The van der Waals surface area contributed by atoms with Gasteiger partial charge in [-0.15, -0.1) is 0 Å². The van der Waals surface area contributed by atoms with Crippen LogP contribution in [0.4, 0.5) is 5.69 Å². The second kappa shape index (κ2) is 5.74. The topological polar surface area (TPSA) is 44.9 Å². The molecule has 3 rings (SSSR count). The first-order valence-corrected chi connectivity index (χ1v) is 7.91. The molecule has 0 aliphatic carbocycles. The fourth-order valence-corrected chi connectivity index (χ4v) is 2.92. The first kappa shape index (κ1) is 15.6. The van der Waals surface area contributed by atoms with Crippen molar-refractivity contribution in [2.45, 2.75) is 26.2 Å². The molecular weight excluding hydrogens is 308 g/mol. The Kier molecular flexibility index (Phi) is 3.90. The van der Waals surface area contributed by atoms with E-state index < -0.39 is 5.41 Å². The standard InChI is InChI=1S/C19H19ClN2O/c1-12-5-4-6-14(9-12)22-18(23)19(2,3)16-11-21-17-10-13(20)7-8-15(16)17/h4-11,21H,1-3H3,(H,22,23). The summed E-state index contributed by atoms with van der Waals surface area (Å²) in [5.74, 6) is -0.0426. The molecule has 4 heteroatoms. The highest BCUT2D eigenvalue weighted by Gasteiger charge is 2.32. The number of rotatable bonds is 3. The number of nitrogens with one attached hydrogen (secondary N) is 2. The van der Waals surface area contributed by atoms with Gasteiger partial charge in [-0.3, -0.25) is 4.79 Å². The van der Waals surface area contributed by atoms with E-state index in [1.54, 1.807) is 0 Å². The van der Waals surface area contributed by atoms with Gasteiger partial charge in [0.15, 0.2) is 0 Å². The smallest absolute Gasteiger partial charge is 0.234 e. The Bertz CT molecular complexity index is 880. The van der Waals surface area contributed by atoms with Crippen LogP contribution in [0.25, 0.3) is 10.9 Å². The first-order valence-electron chi connectivity index (χ1n) is 7.53. The summed E-state index contributed by atoms with van der Waals surface area (Å²) >= 11 is 6.03. The largest absolute Gasteiger partial charge is 0.361 e. The van der Waals surface area contributed by atoms with Crippen LogP contribution in [0, 0.1) is 6.92 Å². The molecule has 0 atom stereocenters. The fraction of sp³-hybridized carbons (Fsp3) is 0.211. The zero-order chi connectivity index (χ0) is 16.6. The van der Waals surface area contributed by atoms with Crippen LogP contribution in [0.15, 0.2) is 48.7 Å². The van der Waals surface area contributed by atoms with Gasteiger partial charge in [-0.1, -0.05) is 29.8 Å². The number of hydrogen-bond donors (Lipinski definition) is 2. The van der Waals surface area contributed by atoms with E-state index in [0.717, 1.165) is 27.7 Å². The molecule has 2 aromatic carbocycles. The number of H-pyrrole nitrogens is 1. The normalized spacial score (nSPS) is 11.7. The van der Waals surface area contributed by atoms with Gasteiger partial charge in [0, 0.05) is 27.8 Å². The van der Waals surface area contributed by atoms with Gasteiger partial charge in [-0.2, -0.15) is 0 Å². The number of carbonyl (C=O) groups excluding carboxylic acids is 1. The summed E-state index contributed by atoms with van der Waals surface area (Å²) in [6.45, 7) is 5.86. The van der Waals surface area contributed by atoms with E-state index in [4.69, 9.17) is 11.6 Å². The third kappa shape index (κ3) is 2.97. The number of aryl methyl sites for hydroxylation is 1. The van der Waals surface area contributed by atoms with Crippen molar-refractivity contribution in [2.24, 2.45) is 0 Å². The lowest BCUT2D eigenvalue weighted by molar-refractivity contribution is -0.120. The van der Waals surface area contributed by atoms with Crippen molar-refractivity contribution in [3.05, 3.63) is 64.8 Å². The quantitative estimate of drug-likeness (QED) is 0.695. The van der Waals surface area contributed by atoms with E-state index in [1.807, 2.05) is 69.4 Å². The van der Waals surface area contributed by atoms with Crippen LogP contribution in [-0.4, -0.2) is 10.9 Å². The lowest BCUT2D eigenvalue weighted by Gasteiger charge is -2.23. The molecule has 3 aromatic rings. The summed E-state index contributed by atoms with van der Waals surface area (Å²) in [6.07, 6.45) is 1.89. The lowest BCUT2D eigenvalue weighted by Crippen LogP contribution is -2.34. The summed E-state index contributed by atoms with van der Waals surface area (Å²) in [5, 5.41) is 4.70. The van der Waals surface area contributed by atoms with E-state index in [0.29, 0.717) is 5.02 Å². The van der Waals surface area contributed by atoms with E-state index in [1.165, 1.54) is 0 Å². The number of anilines is 1. The van der Waals surface area contributed by atoms with E-state index >= 15 is 0 Å². The number of hydrogen-bond acceptors (Lipinski definition) is 1. The molecular formula is C19H19ClN2O. The maximum Gasteiger partial charge on any atom is 0.234 e. The fourth-order valence-electron chi connectivity index (χ4n) is 2.75. The summed E-state index contributed by atoms with van der Waals surface area (Å²) in [4.78, 5) is 16.0. The van der Waals surface area contributed by atoms with Gasteiger partial charge >= 0.3 is 0 Å². The van der Waals surface area contributed by atoms with Crippen molar-refractivity contribution in [1.29, 1.82) is 0 Å². The number of aromatic amines is 1. The van der Waals surface area contributed by atoms with Crippen molar-refractivity contribution < 1.29 is 4.79 Å². The minimum absolute atomic E-state index is 0.0426. The predicted molar refractivity (Wildman–Crippen MR) is 96.1 cm³/mol. The zero-order valence-corrected chi connectivity index (χ0v) is 14.2. The van der Waals surface area contributed by atoms with Crippen molar-refractivity contribution in [2.75, 3.05) is 5.32 Å². The van der Waals surface area contributed by atoms with E-state index in [2.05, 4.69) is 10.3 Å². The minimum Gasteiger partial charge on any atom is -0.361 e. The first-order chi connectivity index (χ1) is 10.9. The highest BCUT2D eigenvalue weighted by atomic mass is 35.5. The molecule has 0 saturated carbocycles. The molecule has 0 bridgehead atoms. The Morgan fingerprint density at radius 1 is 1.17 bits per heavy atom. The van der Waals surface area contributed by atoms with Gasteiger partial charge in [0.2, 0.25) is 5.91 Å². The van der Waals surface area contributed by atoms with Crippen LogP contribution in [0.3, 0.4) is 0 Å². The molecule has 0 fully saturated rings. The maximum atomic E-state index is 12.8. The minimum atomic E-state index is -0.671. The van der Waals surface area contributed by atoms with Crippen molar-refractivity contribution in [1.82, 2.24) is 4.98 Å². The molecule has 0 saturated heterocycles. The number of carbonyl (C=O) groups is 1. The van der Waals surface area contributed by atoms with Crippen LogP contribution in [0.1, 0.15) is 25.0 Å². The monoisotopic (exact) mass is 326 g/mol. The van der Waals surface area contributed by atoms with Crippen molar-refractivity contribution >= 4 is 34.1 Å². The van der Waals surface area contributed by atoms with Gasteiger partial charge in [0.05, 0.1) is 5.41 Å². The number of benzene rings is 2. The third-order valence-corrected chi connectivity index (χ3v) is 4.40.